The summed E-state index contributed by atoms with van der Waals surface area (Å²) in [6.07, 6.45) is 2.50. The van der Waals surface area contributed by atoms with Crippen LogP contribution in [0.25, 0.3) is 0 Å². The van der Waals surface area contributed by atoms with E-state index < -0.39 is 0 Å². The van der Waals surface area contributed by atoms with Gasteiger partial charge < -0.3 is 16.0 Å². The summed E-state index contributed by atoms with van der Waals surface area (Å²) >= 11 is 0. The van der Waals surface area contributed by atoms with Gasteiger partial charge in [0.1, 0.15) is 5.75 Å². The zero-order chi connectivity index (χ0) is 11.5. The maximum Gasteiger partial charge on any atom is 0.119 e. The van der Waals surface area contributed by atoms with Crippen LogP contribution >= 0.6 is 0 Å². The molecule has 0 amide bonds. The molecule has 0 spiro atoms. The van der Waals surface area contributed by atoms with Crippen molar-refractivity contribution in [1.82, 2.24) is 6.15 Å². The Morgan fingerprint density at radius 1 is 1.25 bits per heavy atom. The number of phenolic OH excluding ortho intramolecular Hbond substituents is 1. The summed E-state index contributed by atoms with van der Waals surface area (Å²) in [5.41, 5.74) is 0.928. The first kappa shape index (κ1) is 17.1. The minimum absolute atomic E-state index is 0. The molecule has 0 bridgehead atoms. The minimum atomic E-state index is 0. The van der Waals surface area contributed by atoms with Gasteiger partial charge in [-0.2, -0.15) is 0 Å². The molecule has 16 heavy (non-hydrogen) atoms. The first-order chi connectivity index (χ1) is 7.26. The zero-order valence-electron chi connectivity index (χ0n) is 10.3. The molecule has 0 aliphatic rings. The molecular weight excluding hydrogens is 202 g/mol. The van der Waals surface area contributed by atoms with Gasteiger partial charge in [-0.25, -0.2) is 0 Å². The van der Waals surface area contributed by atoms with Crippen LogP contribution in [-0.4, -0.2) is 18.3 Å². The van der Waals surface area contributed by atoms with E-state index in [0.29, 0.717) is 5.75 Å². The van der Waals surface area contributed by atoms with Gasteiger partial charge in [-0.3, -0.25) is 0 Å². The Kier molecular flexibility index (Phi) is 12.6. The Morgan fingerprint density at radius 3 is 2.19 bits per heavy atom. The number of allylic oxidation sites excluding steroid dienone is 1. The van der Waals surface area contributed by atoms with Crippen molar-refractivity contribution in [3.05, 3.63) is 42.5 Å². The largest absolute Gasteiger partial charge is 0.508 e. The highest BCUT2D eigenvalue weighted by atomic mass is 16.5. The average Bonchev–Trinajstić information content (AvgIpc) is 2.24. The third-order valence-corrected chi connectivity index (χ3v) is 1.76. The molecule has 0 heterocycles. The van der Waals surface area contributed by atoms with Gasteiger partial charge >= 0.3 is 0 Å². The van der Waals surface area contributed by atoms with E-state index in [1.165, 1.54) is 0 Å². The summed E-state index contributed by atoms with van der Waals surface area (Å²) in [7, 11) is 0. The Balaban J connectivity index is 0. The topological polar surface area (TPSA) is 64.5 Å². The number of hydrogen-bond donors (Lipinski definition) is 2. The van der Waals surface area contributed by atoms with Crippen molar-refractivity contribution < 1.29 is 9.84 Å². The van der Waals surface area contributed by atoms with Crippen molar-refractivity contribution in [2.75, 3.05) is 13.2 Å². The van der Waals surface area contributed by atoms with Gasteiger partial charge in [0.2, 0.25) is 0 Å². The van der Waals surface area contributed by atoms with Crippen molar-refractivity contribution in [1.29, 1.82) is 0 Å². The molecule has 1 aromatic rings. The van der Waals surface area contributed by atoms with Crippen LogP contribution < -0.4 is 6.15 Å². The highest BCUT2D eigenvalue weighted by molar-refractivity contribution is 5.32. The lowest BCUT2D eigenvalue weighted by molar-refractivity contribution is 0.162. The second-order valence-electron chi connectivity index (χ2n) is 2.90. The number of ether oxygens (including phenoxy) is 1. The van der Waals surface area contributed by atoms with Gasteiger partial charge in [-0.1, -0.05) is 24.3 Å². The molecule has 3 heteroatoms. The van der Waals surface area contributed by atoms with Crippen molar-refractivity contribution in [3.63, 3.8) is 0 Å². The van der Waals surface area contributed by atoms with E-state index in [2.05, 4.69) is 6.58 Å². The molecule has 0 saturated carbocycles. The van der Waals surface area contributed by atoms with Gasteiger partial charge in [-0.15, -0.1) is 6.58 Å². The molecule has 4 N–H and O–H groups in total. The molecule has 0 saturated heterocycles. The molecule has 1 rings (SSSR count). The monoisotopic (exact) mass is 225 g/mol. The van der Waals surface area contributed by atoms with Crippen LogP contribution in [0.15, 0.2) is 36.9 Å². The predicted octanol–water partition coefficient (Wildman–Crippen LogP) is 3.33. The molecule has 3 nitrogen and oxygen atoms in total. The summed E-state index contributed by atoms with van der Waals surface area (Å²) in [5, 5.41) is 9.19. The van der Waals surface area contributed by atoms with E-state index in [9.17, 15) is 5.11 Å². The molecule has 0 aliphatic heterocycles. The van der Waals surface area contributed by atoms with Crippen molar-refractivity contribution >= 4 is 0 Å². The van der Waals surface area contributed by atoms with Crippen molar-refractivity contribution in [2.24, 2.45) is 0 Å². The minimum Gasteiger partial charge on any atom is -0.508 e. The van der Waals surface area contributed by atoms with Gasteiger partial charge in [0, 0.05) is 13.2 Å². The summed E-state index contributed by atoms with van der Waals surface area (Å²) in [5.74, 6) is 0.349. The van der Waals surface area contributed by atoms with Gasteiger partial charge in [-0.05, 0) is 31.9 Å². The first-order valence-corrected chi connectivity index (χ1v) is 5.21. The number of phenols is 1. The number of hydrogen-bond acceptors (Lipinski definition) is 3. The molecular formula is C13H23NO2. The Bertz CT molecular complexity index is 272. The van der Waals surface area contributed by atoms with Crippen LogP contribution in [0.3, 0.4) is 0 Å². The third-order valence-electron chi connectivity index (χ3n) is 1.76. The second-order valence-corrected chi connectivity index (χ2v) is 2.90. The van der Waals surface area contributed by atoms with Crippen LogP contribution in [0.5, 0.6) is 5.75 Å². The fourth-order valence-corrected chi connectivity index (χ4v) is 1.04. The van der Waals surface area contributed by atoms with Crippen molar-refractivity contribution in [3.8, 4) is 5.75 Å². The van der Waals surface area contributed by atoms with E-state index in [4.69, 9.17) is 4.74 Å². The van der Waals surface area contributed by atoms with E-state index in [-0.39, 0.29) is 6.15 Å². The number of para-hydroxylation sites is 1. The normalized spacial score (nSPS) is 8.38. The Hall–Kier alpha value is -1.32. The van der Waals surface area contributed by atoms with E-state index in [1.807, 2.05) is 32.0 Å². The maximum absolute atomic E-state index is 9.19. The van der Waals surface area contributed by atoms with Gasteiger partial charge in [0.25, 0.3) is 0 Å². The predicted molar refractivity (Wildman–Crippen MR) is 69.2 cm³/mol. The van der Waals surface area contributed by atoms with Crippen LogP contribution in [0.1, 0.15) is 19.4 Å². The Labute approximate surface area is 98.3 Å². The van der Waals surface area contributed by atoms with Gasteiger partial charge in [0.05, 0.1) is 0 Å². The average molecular weight is 225 g/mol. The lowest BCUT2D eigenvalue weighted by Gasteiger charge is -1.97. The SMILES string of the molecule is C=CCc1ccccc1O.CCOCC.N. The third kappa shape index (κ3) is 8.03. The summed E-state index contributed by atoms with van der Waals surface area (Å²) in [6.45, 7) is 9.25. The van der Waals surface area contributed by atoms with Crippen LogP contribution in [-0.2, 0) is 11.2 Å². The molecule has 1 aromatic carbocycles. The summed E-state index contributed by atoms with van der Waals surface area (Å²) < 4.78 is 4.83. The summed E-state index contributed by atoms with van der Waals surface area (Å²) in [6, 6.07) is 7.27. The molecule has 0 fully saturated rings. The van der Waals surface area contributed by atoms with E-state index >= 15 is 0 Å². The smallest absolute Gasteiger partial charge is 0.119 e. The standard InChI is InChI=1S/C9H10O.C4H10O.H3N/c1-2-5-8-6-3-4-7-9(8)10;1-3-5-4-2;/h2-4,6-7,10H,1,5H2;3-4H2,1-2H3;1H3. The first-order valence-electron chi connectivity index (χ1n) is 5.21. The fourth-order valence-electron chi connectivity index (χ4n) is 1.04. The maximum atomic E-state index is 9.19. The highest BCUT2D eigenvalue weighted by Crippen LogP contribution is 2.15. The van der Waals surface area contributed by atoms with Crippen LogP contribution in [0, 0.1) is 0 Å². The molecule has 92 valence electrons. The number of benzene rings is 1. The second kappa shape index (κ2) is 11.8. The summed E-state index contributed by atoms with van der Waals surface area (Å²) in [4.78, 5) is 0. The molecule has 0 radical (unpaired) electrons. The molecule has 0 atom stereocenters. The van der Waals surface area contributed by atoms with Crippen LogP contribution in [0.4, 0.5) is 0 Å². The lowest BCUT2D eigenvalue weighted by atomic mass is 10.1. The fraction of sp³-hybridized carbons (Fsp3) is 0.385. The molecule has 0 aliphatic carbocycles. The number of aromatic hydroxyl groups is 1. The number of rotatable bonds is 4. The van der Waals surface area contributed by atoms with E-state index in [0.717, 1.165) is 25.2 Å². The van der Waals surface area contributed by atoms with E-state index in [1.54, 1.807) is 12.1 Å². The lowest BCUT2D eigenvalue weighted by Crippen LogP contribution is -1.84. The molecule has 0 unspecified atom stereocenters. The highest BCUT2D eigenvalue weighted by Gasteiger charge is 1.93. The molecule has 0 aromatic heterocycles. The Morgan fingerprint density at radius 2 is 1.81 bits per heavy atom. The van der Waals surface area contributed by atoms with Crippen LogP contribution in [0.2, 0.25) is 0 Å². The van der Waals surface area contributed by atoms with Gasteiger partial charge in [0.15, 0.2) is 0 Å². The quantitative estimate of drug-likeness (QED) is 0.772. The van der Waals surface area contributed by atoms with Crippen molar-refractivity contribution in [2.45, 2.75) is 20.3 Å². The zero-order valence-corrected chi connectivity index (χ0v) is 10.3.